The van der Waals surface area contributed by atoms with Gasteiger partial charge in [-0.3, -0.25) is 9.59 Å². The standard InChI is InChI=1S/C22H26N2O2/c1-23(17-18-9-5-4-6-10-18)21(25)19-11-13-20(14-12-19)22(26)24-15-7-2-3-8-16-24/h4-6,9-14H,2-3,7-8,15-17H2,1H3. The highest BCUT2D eigenvalue weighted by Crippen LogP contribution is 2.15. The molecule has 1 fully saturated rings. The van der Waals surface area contributed by atoms with E-state index >= 15 is 0 Å². The number of rotatable bonds is 4. The summed E-state index contributed by atoms with van der Waals surface area (Å²) >= 11 is 0. The summed E-state index contributed by atoms with van der Waals surface area (Å²) in [5.41, 5.74) is 2.36. The molecule has 0 unspecified atom stereocenters. The van der Waals surface area contributed by atoms with Crippen LogP contribution in [0.4, 0.5) is 0 Å². The van der Waals surface area contributed by atoms with Gasteiger partial charge in [-0.1, -0.05) is 43.2 Å². The van der Waals surface area contributed by atoms with Crippen molar-refractivity contribution in [1.29, 1.82) is 0 Å². The van der Waals surface area contributed by atoms with Crippen LogP contribution >= 0.6 is 0 Å². The minimum atomic E-state index is -0.0392. The highest BCUT2D eigenvalue weighted by atomic mass is 16.2. The Morgan fingerprint density at radius 3 is 2.04 bits per heavy atom. The Hall–Kier alpha value is -2.62. The molecule has 3 rings (SSSR count). The van der Waals surface area contributed by atoms with Crippen LogP contribution < -0.4 is 0 Å². The maximum atomic E-state index is 12.6. The highest BCUT2D eigenvalue weighted by molar-refractivity contribution is 5.97. The molecule has 0 atom stereocenters. The van der Waals surface area contributed by atoms with E-state index in [1.54, 1.807) is 36.2 Å². The van der Waals surface area contributed by atoms with Crippen LogP contribution in [0, 0.1) is 0 Å². The van der Waals surface area contributed by atoms with Crippen LogP contribution in [0.5, 0.6) is 0 Å². The van der Waals surface area contributed by atoms with Crippen molar-refractivity contribution in [3.05, 3.63) is 71.3 Å². The number of carbonyl (C=O) groups is 2. The van der Waals surface area contributed by atoms with Crippen LogP contribution in [0.3, 0.4) is 0 Å². The second kappa shape index (κ2) is 8.65. The lowest BCUT2D eigenvalue weighted by Gasteiger charge is -2.21. The van der Waals surface area contributed by atoms with Gasteiger partial charge < -0.3 is 9.80 Å². The van der Waals surface area contributed by atoms with E-state index in [0.717, 1.165) is 31.5 Å². The molecule has 0 saturated carbocycles. The molecule has 4 nitrogen and oxygen atoms in total. The van der Waals surface area contributed by atoms with E-state index in [2.05, 4.69) is 0 Å². The van der Waals surface area contributed by atoms with Gasteiger partial charge >= 0.3 is 0 Å². The summed E-state index contributed by atoms with van der Waals surface area (Å²) in [6.45, 7) is 2.23. The Labute approximate surface area is 155 Å². The Morgan fingerprint density at radius 1 is 0.846 bits per heavy atom. The zero-order chi connectivity index (χ0) is 18.4. The molecule has 2 aromatic carbocycles. The molecular formula is C22H26N2O2. The zero-order valence-corrected chi connectivity index (χ0v) is 15.4. The molecular weight excluding hydrogens is 324 g/mol. The Balaban J connectivity index is 1.64. The van der Waals surface area contributed by atoms with E-state index < -0.39 is 0 Å². The van der Waals surface area contributed by atoms with E-state index in [-0.39, 0.29) is 11.8 Å². The lowest BCUT2D eigenvalue weighted by atomic mass is 10.1. The van der Waals surface area contributed by atoms with Crippen LogP contribution in [-0.4, -0.2) is 41.8 Å². The van der Waals surface area contributed by atoms with Crippen molar-refractivity contribution in [2.75, 3.05) is 20.1 Å². The molecule has 2 aromatic rings. The smallest absolute Gasteiger partial charge is 0.253 e. The largest absolute Gasteiger partial charge is 0.339 e. The van der Waals surface area contributed by atoms with Gasteiger partial charge in [0.05, 0.1) is 0 Å². The predicted molar refractivity (Wildman–Crippen MR) is 103 cm³/mol. The molecule has 0 aromatic heterocycles. The number of hydrogen-bond donors (Lipinski definition) is 0. The van der Waals surface area contributed by atoms with E-state index in [0.29, 0.717) is 17.7 Å². The van der Waals surface area contributed by atoms with Crippen molar-refractivity contribution in [2.45, 2.75) is 32.2 Å². The van der Waals surface area contributed by atoms with Crippen molar-refractivity contribution < 1.29 is 9.59 Å². The molecule has 0 N–H and O–H groups in total. The highest BCUT2D eigenvalue weighted by Gasteiger charge is 2.18. The summed E-state index contributed by atoms with van der Waals surface area (Å²) in [5.74, 6) is 0.0335. The van der Waals surface area contributed by atoms with Crippen molar-refractivity contribution in [3.8, 4) is 0 Å². The first-order valence-electron chi connectivity index (χ1n) is 9.34. The normalized spacial score (nSPS) is 14.6. The fourth-order valence-electron chi connectivity index (χ4n) is 3.36. The van der Waals surface area contributed by atoms with Crippen molar-refractivity contribution >= 4 is 11.8 Å². The van der Waals surface area contributed by atoms with Crippen LogP contribution in [0.15, 0.2) is 54.6 Å². The monoisotopic (exact) mass is 350 g/mol. The van der Waals surface area contributed by atoms with E-state index in [9.17, 15) is 9.59 Å². The molecule has 136 valence electrons. The lowest BCUT2D eigenvalue weighted by Crippen LogP contribution is -2.32. The fraction of sp³-hybridized carbons (Fsp3) is 0.364. The van der Waals surface area contributed by atoms with E-state index in [1.165, 1.54) is 12.8 Å². The summed E-state index contributed by atoms with van der Waals surface area (Å²) in [6.07, 6.45) is 4.55. The quantitative estimate of drug-likeness (QED) is 0.837. The first-order valence-corrected chi connectivity index (χ1v) is 9.34. The molecule has 1 aliphatic heterocycles. The average molecular weight is 350 g/mol. The Morgan fingerprint density at radius 2 is 1.42 bits per heavy atom. The van der Waals surface area contributed by atoms with E-state index in [1.807, 2.05) is 35.2 Å². The fourth-order valence-corrected chi connectivity index (χ4v) is 3.36. The molecule has 2 amide bonds. The molecule has 1 aliphatic rings. The topological polar surface area (TPSA) is 40.6 Å². The SMILES string of the molecule is CN(Cc1ccccc1)C(=O)c1ccc(C(=O)N2CCCCCC2)cc1. The number of carbonyl (C=O) groups excluding carboxylic acids is 2. The third-order valence-corrected chi connectivity index (χ3v) is 4.88. The summed E-state index contributed by atoms with van der Waals surface area (Å²) in [4.78, 5) is 28.9. The van der Waals surface area contributed by atoms with Crippen molar-refractivity contribution in [3.63, 3.8) is 0 Å². The van der Waals surface area contributed by atoms with Crippen molar-refractivity contribution in [1.82, 2.24) is 9.80 Å². The molecule has 1 heterocycles. The van der Waals surface area contributed by atoms with Gasteiger partial charge in [0.1, 0.15) is 0 Å². The minimum Gasteiger partial charge on any atom is -0.339 e. The molecule has 0 aliphatic carbocycles. The summed E-state index contributed by atoms with van der Waals surface area (Å²) in [6, 6.07) is 17.0. The maximum absolute atomic E-state index is 12.6. The molecule has 0 bridgehead atoms. The number of amides is 2. The van der Waals surface area contributed by atoms with Gasteiger partial charge in [0.15, 0.2) is 0 Å². The van der Waals surface area contributed by atoms with Gasteiger partial charge in [-0.05, 0) is 42.7 Å². The van der Waals surface area contributed by atoms with Crippen LogP contribution in [0.2, 0.25) is 0 Å². The van der Waals surface area contributed by atoms with Crippen LogP contribution in [0.1, 0.15) is 52.0 Å². The molecule has 1 saturated heterocycles. The second-order valence-corrected chi connectivity index (χ2v) is 6.93. The number of likely N-dealkylation sites (tertiary alicyclic amines) is 1. The van der Waals surface area contributed by atoms with Gasteiger partial charge in [0.25, 0.3) is 11.8 Å². The third-order valence-electron chi connectivity index (χ3n) is 4.88. The molecule has 0 radical (unpaired) electrons. The van der Waals surface area contributed by atoms with Gasteiger partial charge in [0, 0.05) is 37.8 Å². The lowest BCUT2D eigenvalue weighted by molar-refractivity contribution is 0.0757. The summed E-state index contributed by atoms with van der Waals surface area (Å²) < 4.78 is 0. The number of benzene rings is 2. The maximum Gasteiger partial charge on any atom is 0.253 e. The molecule has 26 heavy (non-hydrogen) atoms. The number of hydrogen-bond acceptors (Lipinski definition) is 2. The first-order chi connectivity index (χ1) is 12.6. The Bertz CT molecular complexity index is 732. The van der Waals surface area contributed by atoms with Crippen LogP contribution in [-0.2, 0) is 6.54 Å². The van der Waals surface area contributed by atoms with Crippen molar-refractivity contribution in [2.24, 2.45) is 0 Å². The van der Waals surface area contributed by atoms with Gasteiger partial charge in [0.2, 0.25) is 0 Å². The van der Waals surface area contributed by atoms with E-state index in [4.69, 9.17) is 0 Å². The van der Waals surface area contributed by atoms with Gasteiger partial charge in [-0.25, -0.2) is 0 Å². The van der Waals surface area contributed by atoms with Gasteiger partial charge in [-0.15, -0.1) is 0 Å². The summed E-state index contributed by atoms with van der Waals surface area (Å²) in [5, 5.41) is 0. The Kier molecular flexibility index (Phi) is 6.05. The third kappa shape index (κ3) is 4.51. The summed E-state index contributed by atoms with van der Waals surface area (Å²) in [7, 11) is 1.80. The second-order valence-electron chi connectivity index (χ2n) is 6.93. The predicted octanol–water partition coefficient (Wildman–Crippen LogP) is 3.98. The molecule has 4 heteroatoms. The number of nitrogens with zero attached hydrogens (tertiary/aromatic N) is 2. The average Bonchev–Trinajstić information content (AvgIpc) is 2.97. The first kappa shape index (κ1) is 18.2. The van der Waals surface area contributed by atoms with Crippen LogP contribution in [0.25, 0.3) is 0 Å². The van der Waals surface area contributed by atoms with Gasteiger partial charge in [-0.2, -0.15) is 0 Å². The minimum absolute atomic E-state index is 0.0392. The zero-order valence-electron chi connectivity index (χ0n) is 15.4. The molecule has 0 spiro atoms.